The van der Waals surface area contributed by atoms with Gasteiger partial charge >= 0.3 is 0 Å². The fraction of sp³-hybridized carbons (Fsp3) is 0.538. The summed E-state index contributed by atoms with van der Waals surface area (Å²) in [6.07, 6.45) is 1.25. The van der Waals surface area contributed by atoms with Crippen LogP contribution >= 0.6 is 0 Å². The number of methoxy groups -OCH3 is 1. The van der Waals surface area contributed by atoms with Crippen molar-refractivity contribution in [2.45, 2.75) is 32.3 Å². The fourth-order valence-electron chi connectivity index (χ4n) is 1.89. The molecule has 0 bridgehead atoms. The van der Waals surface area contributed by atoms with Crippen LogP contribution in [0.2, 0.25) is 0 Å². The van der Waals surface area contributed by atoms with Crippen LogP contribution in [0.4, 0.5) is 0 Å². The molecule has 1 rings (SSSR count). The summed E-state index contributed by atoms with van der Waals surface area (Å²) in [6.45, 7) is 4.90. The Balaban J connectivity index is 2.78. The summed E-state index contributed by atoms with van der Waals surface area (Å²) in [4.78, 5) is 0. The van der Waals surface area contributed by atoms with Crippen molar-refractivity contribution < 1.29 is 4.74 Å². The normalized spacial score (nSPS) is 14.9. The summed E-state index contributed by atoms with van der Waals surface area (Å²) in [5.41, 5.74) is 8.49. The van der Waals surface area contributed by atoms with Crippen molar-refractivity contribution in [3.05, 3.63) is 35.4 Å². The first-order valence-corrected chi connectivity index (χ1v) is 5.47. The van der Waals surface area contributed by atoms with Crippen LogP contribution in [-0.2, 0) is 4.74 Å². The minimum atomic E-state index is 0.262. The molecule has 1 aromatic rings. The molecule has 0 aromatic heterocycles. The summed E-state index contributed by atoms with van der Waals surface area (Å²) >= 11 is 0. The van der Waals surface area contributed by atoms with Gasteiger partial charge in [0.2, 0.25) is 0 Å². The lowest BCUT2D eigenvalue weighted by Gasteiger charge is -2.20. The number of ether oxygens (including phenoxy) is 1. The van der Waals surface area contributed by atoms with Crippen molar-refractivity contribution >= 4 is 0 Å². The largest absolute Gasteiger partial charge is 0.382 e. The molecule has 2 heteroatoms. The second-order valence-corrected chi connectivity index (χ2v) is 4.07. The standard InChI is InChI=1S/C13H21NO/c1-10-6-4-5-7-13(10)12(9-14)8-11(2)15-3/h4-7,11-12H,8-9,14H2,1-3H3. The van der Waals surface area contributed by atoms with E-state index in [1.165, 1.54) is 11.1 Å². The van der Waals surface area contributed by atoms with E-state index >= 15 is 0 Å². The predicted molar refractivity (Wildman–Crippen MR) is 64.1 cm³/mol. The Labute approximate surface area is 92.4 Å². The van der Waals surface area contributed by atoms with E-state index in [9.17, 15) is 0 Å². The van der Waals surface area contributed by atoms with Crippen molar-refractivity contribution in [3.63, 3.8) is 0 Å². The summed E-state index contributed by atoms with van der Waals surface area (Å²) in [6, 6.07) is 8.43. The number of benzene rings is 1. The van der Waals surface area contributed by atoms with Crippen molar-refractivity contribution in [1.82, 2.24) is 0 Å². The van der Waals surface area contributed by atoms with Crippen molar-refractivity contribution in [2.24, 2.45) is 5.73 Å². The van der Waals surface area contributed by atoms with Gasteiger partial charge in [0.1, 0.15) is 0 Å². The van der Waals surface area contributed by atoms with E-state index in [1.54, 1.807) is 7.11 Å². The Kier molecular flexibility index (Phi) is 4.79. The Morgan fingerprint density at radius 1 is 1.33 bits per heavy atom. The van der Waals surface area contributed by atoms with Crippen molar-refractivity contribution in [2.75, 3.05) is 13.7 Å². The van der Waals surface area contributed by atoms with Crippen LogP contribution < -0.4 is 5.73 Å². The van der Waals surface area contributed by atoms with E-state index in [4.69, 9.17) is 10.5 Å². The molecule has 0 saturated carbocycles. The third-order valence-corrected chi connectivity index (χ3v) is 2.93. The molecule has 0 aliphatic heterocycles. The zero-order valence-corrected chi connectivity index (χ0v) is 9.86. The summed E-state index contributed by atoms with van der Waals surface area (Å²) in [7, 11) is 1.75. The molecule has 2 nitrogen and oxygen atoms in total. The maximum Gasteiger partial charge on any atom is 0.0549 e. The first-order valence-electron chi connectivity index (χ1n) is 5.47. The molecular weight excluding hydrogens is 186 g/mol. The van der Waals surface area contributed by atoms with Gasteiger partial charge in [-0.15, -0.1) is 0 Å². The van der Waals surface area contributed by atoms with Crippen LogP contribution in [0, 0.1) is 6.92 Å². The smallest absolute Gasteiger partial charge is 0.0549 e. The SMILES string of the molecule is COC(C)CC(CN)c1ccccc1C. The second kappa shape index (κ2) is 5.89. The van der Waals surface area contributed by atoms with Gasteiger partial charge in [0.05, 0.1) is 6.10 Å². The average molecular weight is 207 g/mol. The fourth-order valence-corrected chi connectivity index (χ4v) is 1.89. The highest BCUT2D eigenvalue weighted by molar-refractivity contribution is 5.29. The van der Waals surface area contributed by atoms with E-state index in [2.05, 4.69) is 38.1 Å². The molecule has 84 valence electrons. The molecule has 1 aromatic carbocycles. The van der Waals surface area contributed by atoms with Gasteiger partial charge in [0.15, 0.2) is 0 Å². The Morgan fingerprint density at radius 2 is 2.00 bits per heavy atom. The van der Waals surface area contributed by atoms with Crippen LogP contribution in [0.1, 0.15) is 30.4 Å². The lowest BCUT2D eigenvalue weighted by atomic mass is 9.90. The van der Waals surface area contributed by atoms with Gasteiger partial charge in [-0.2, -0.15) is 0 Å². The average Bonchev–Trinajstić information content (AvgIpc) is 2.26. The zero-order valence-electron chi connectivity index (χ0n) is 9.86. The Hall–Kier alpha value is -0.860. The molecule has 0 amide bonds. The number of hydrogen-bond donors (Lipinski definition) is 1. The first-order chi connectivity index (χ1) is 7.19. The van der Waals surface area contributed by atoms with E-state index in [-0.39, 0.29) is 6.10 Å². The molecule has 0 fully saturated rings. The lowest BCUT2D eigenvalue weighted by Crippen LogP contribution is -2.19. The van der Waals surface area contributed by atoms with Gasteiger partial charge in [-0.25, -0.2) is 0 Å². The molecule has 0 radical (unpaired) electrons. The minimum absolute atomic E-state index is 0.262. The molecule has 0 saturated heterocycles. The molecule has 0 spiro atoms. The van der Waals surface area contributed by atoms with Crippen molar-refractivity contribution in [3.8, 4) is 0 Å². The van der Waals surface area contributed by atoms with Gasteiger partial charge in [-0.1, -0.05) is 24.3 Å². The highest BCUT2D eigenvalue weighted by Gasteiger charge is 2.14. The summed E-state index contributed by atoms with van der Waals surface area (Å²) in [5, 5.41) is 0. The van der Waals surface area contributed by atoms with Gasteiger partial charge in [-0.05, 0) is 43.9 Å². The van der Waals surface area contributed by atoms with Crippen LogP contribution in [-0.4, -0.2) is 19.8 Å². The molecular formula is C13H21NO. The predicted octanol–water partition coefficient (Wildman–Crippen LogP) is 2.46. The molecule has 0 aliphatic rings. The van der Waals surface area contributed by atoms with E-state index < -0.39 is 0 Å². The number of aryl methyl sites for hydroxylation is 1. The molecule has 2 unspecified atom stereocenters. The zero-order chi connectivity index (χ0) is 11.3. The Bertz CT molecular complexity index is 298. The highest BCUT2D eigenvalue weighted by atomic mass is 16.5. The summed E-state index contributed by atoms with van der Waals surface area (Å²) in [5.74, 6) is 0.404. The molecule has 15 heavy (non-hydrogen) atoms. The minimum Gasteiger partial charge on any atom is -0.382 e. The number of nitrogens with two attached hydrogens (primary N) is 1. The van der Waals surface area contributed by atoms with Crippen molar-refractivity contribution in [1.29, 1.82) is 0 Å². The van der Waals surface area contributed by atoms with E-state index in [1.807, 2.05) is 0 Å². The molecule has 2 N–H and O–H groups in total. The van der Waals surface area contributed by atoms with Crippen LogP contribution in [0.25, 0.3) is 0 Å². The first kappa shape index (κ1) is 12.2. The van der Waals surface area contributed by atoms with Gasteiger partial charge in [-0.3, -0.25) is 0 Å². The third-order valence-electron chi connectivity index (χ3n) is 2.93. The Morgan fingerprint density at radius 3 is 2.53 bits per heavy atom. The maximum absolute atomic E-state index is 5.82. The molecule has 0 heterocycles. The van der Waals surface area contributed by atoms with Crippen LogP contribution in [0.5, 0.6) is 0 Å². The van der Waals surface area contributed by atoms with Gasteiger partial charge in [0, 0.05) is 7.11 Å². The molecule has 0 aliphatic carbocycles. The van der Waals surface area contributed by atoms with Gasteiger partial charge < -0.3 is 10.5 Å². The maximum atomic E-state index is 5.82. The monoisotopic (exact) mass is 207 g/mol. The summed E-state index contributed by atoms with van der Waals surface area (Å²) < 4.78 is 5.29. The molecule has 2 atom stereocenters. The second-order valence-electron chi connectivity index (χ2n) is 4.07. The number of hydrogen-bond acceptors (Lipinski definition) is 2. The topological polar surface area (TPSA) is 35.2 Å². The van der Waals surface area contributed by atoms with Gasteiger partial charge in [0.25, 0.3) is 0 Å². The lowest BCUT2D eigenvalue weighted by molar-refractivity contribution is 0.105. The highest BCUT2D eigenvalue weighted by Crippen LogP contribution is 2.23. The third kappa shape index (κ3) is 3.33. The van der Waals surface area contributed by atoms with E-state index in [0.29, 0.717) is 12.5 Å². The number of rotatable bonds is 5. The quantitative estimate of drug-likeness (QED) is 0.805. The van der Waals surface area contributed by atoms with Crippen LogP contribution in [0.3, 0.4) is 0 Å². The van der Waals surface area contributed by atoms with Crippen LogP contribution in [0.15, 0.2) is 24.3 Å². The van der Waals surface area contributed by atoms with E-state index in [0.717, 1.165) is 6.42 Å².